The van der Waals surface area contributed by atoms with Crippen LogP contribution in [0.15, 0.2) is 71.6 Å². The molecule has 0 radical (unpaired) electrons. The molecule has 1 saturated heterocycles. The predicted molar refractivity (Wildman–Crippen MR) is 178 cm³/mol. The minimum atomic E-state index is -3.60. The van der Waals surface area contributed by atoms with E-state index in [1.54, 1.807) is 0 Å². The summed E-state index contributed by atoms with van der Waals surface area (Å²) in [6, 6.07) is 21.4. The van der Waals surface area contributed by atoms with Crippen molar-refractivity contribution in [3.05, 3.63) is 89.0 Å². The number of likely N-dealkylation sites (tertiary alicyclic amines) is 1. The van der Waals surface area contributed by atoms with Crippen LogP contribution in [0.25, 0.3) is 0 Å². The van der Waals surface area contributed by atoms with Gasteiger partial charge in [-0.15, -0.1) is 0 Å². The molecule has 46 heavy (non-hydrogen) atoms. The summed E-state index contributed by atoms with van der Waals surface area (Å²) >= 11 is 0. The Morgan fingerprint density at radius 1 is 1.00 bits per heavy atom. The van der Waals surface area contributed by atoms with Crippen LogP contribution in [-0.2, 0) is 21.7 Å². The number of rotatable bonds is 9. The van der Waals surface area contributed by atoms with Crippen LogP contribution in [-0.4, -0.2) is 74.1 Å². The molecular formula is C37H46N2O6S. The van der Waals surface area contributed by atoms with Gasteiger partial charge < -0.3 is 25.2 Å². The second-order valence-corrected chi connectivity index (χ2v) is 15.5. The van der Waals surface area contributed by atoms with Crippen molar-refractivity contribution in [3.63, 3.8) is 0 Å². The van der Waals surface area contributed by atoms with Crippen LogP contribution in [0.4, 0.5) is 0 Å². The van der Waals surface area contributed by atoms with Gasteiger partial charge in [0, 0.05) is 43.6 Å². The maximum absolute atomic E-state index is 13.9. The minimum absolute atomic E-state index is 0.00403. The van der Waals surface area contributed by atoms with E-state index in [2.05, 4.69) is 40.5 Å². The Kier molecular flexibility index (Phi) is 9.73. The number of aliphatic hydroxyl groups is 1. The molecule has 1 saturated carbocycles. The Morgan fingerprint density at radius 3 is 2.48 bits per heavy atom. The molecule has 3 aromatic rings. The highest BCUT2D eigenvalue weighted by atomic mass is 32.2. The van der Waals surface area contributed by atoms with E-state index in [1.807, 2.05) is 18.2 Å². The molecule has 1 spiro atoms. The smallest absolute Gasteiger partial charge is 0.254 e. The van der Waals surface area contributed by atoms with Crippen molar-refractivity contribution < 1.29 is 28.2 Å². The molecule has 9 heteroatoms. The lowest BCUT2D eigenvalue weighted by molar-refractivity contribution is 0.0650. The van der Waals surface area contributed by atoms with Gasteiger partial charge in [-0.25, -0.2) is 8.42 Å². The van der Waals surface area contributed by atoms with Crippen LogP contribution in [0.5, 0.6) is 11.5 Å². The number of sulfone groups is 1. The Labute approximate surface area is 272 Å². The number of aliphatic hydroxyl groups excluding tert-OH is 1. The lowest BCUT2D eigenvalue weighted by Gasteiger charge is -2.45. The van der Waals surface area contributed by atoms with Crippen molar-refractivity contribution >= 4 is 15.7 Å². The van der Waals surface area contributed by atoms with Gasteiger partial charge in [0.15, 0.2) is 9.84 Å². The third-order valence-corrected chi connectivity index (χ3v) is 11.6. The Balaban J connectivity index is 0.991. The zero-order valence-electron chi connectivity index (χ0n) is 26.7. The summed E-state index contributed by atoms with van der Waals surface area (Å²) in [7, 11) is -3.60. The van der Waals surface area contributed by atoms with Gasteiger partial charge in [-0.2, -0.15) is 0 Å². The number of phenolic OH excluding ortho intramolecular Hbond substituents is 1. The monoisotopic (exact) mass is 646 g/mol. The highest BCUT2D eigenvalue weighted by molar-refractivity contribution is 7.90. The van der Waals surface area contributed by atoms with Crippen LogP contribution < -0.4 is 10.1 Å². The lowest BCUT2D eigenvalue weighted by atomic mass is 9.65. The minimum Gasteiger partial charge on any atom is -0.507 e. The number of hydrogen-bond donors (Lipinski definition) is 3. The Bertz CT molecular complexity index is 1640. The third-order valence-electron chi connectivity index (χ3n) is 10.5. The van der Waals surface area contributed by atoms with Gasteiger partial charge in [-0.05, 0) is 104 Å². The first-order valence-electron chi connectivity index (χ1n) is 16.7. The number of ether oxygens (including phenoxy) is 1. The zero-order valence-corrected chi connectivity index (χ0v) is 27.5. The van der Waals surface area contributed by atoms with E-state index in [0.29, 0.717) is 12.5 Å². The second-order valence-electron chi connectivity index (χ2n) is 13.5. The van der Waals surface area contributed by atoms with E-state index in [9.17, 15) is 23.4 Å². The maximum Gasteiger partial charge on any atom is 0.254 e. The Morgan fingerprint density at radius 2 is 1.72 bits per heavy atom. The average molecular weight is 647 g/mol. The van der Waals surface area contributed by atoms with Gasteiger partial charge in [0.05, 0.1) is 0 Å². The largest absolute Gasteiger partial charge is 0.507 e. The van der Waals surface area contributed by atoms with E-state index >= 15 is 0 Å². The summed E-state index contributed by atoms with van der Waals surface area (Å²) in [5, 5.41) is 23.8. The van der Waals surface area contributed by atoms with Crippen molar-refractivity contribution in [2.75, 3.05) is 32.5 Å². The van der Waals surface area contributed by atoms with Gasteiger partial charge in [0.25, 0.3) is 5.91 Å². The van der Waals surface area contributed by atoms with E-state index in [4.69, 9.17) is 4.74 Å². The van der Waals surface area contributed by atoms with Gasteiger partial charge in [-0.3, -0.25) is 4.79 Å². The SMILES string of the molecule is CS(=O)(=O)c1cc(OC[C@@H](O)CNC2CCC(c3ccccc3C(=O)N3CCC4(CCCc5ccccc54)CC3)CC2)ccc1O. The van der Waals surface area contributed by atoms with E-state index in [-0.39, 0.29) is 40.4 Å². The van der Waals surface area contributed by atoms with Crippen molar-refractivity contribution in [1.82, 2.24) is 10.2 Å². The topological polar surface area (TPSA) is 116 Å². The number of benzene rings is 3. The van der Waals surface area contributed by atoms with E-state index in [0.717, 1.165) is 75.4 Å². The van der Waals surface area contributed by atoms with Crippen LogP contribution in [0.3, 0.4) is 0 Å². The predicted octanol–water partition coefficient (Wildman–Crippen LogP) is 5.36. The summed E-state index contributed by atoms with van der Waals surface area (Å²) in [5.74, 6) is 0.432. The second kappa shape index (κ2) is 13.8. The van der Waals surface area contributed by atoms with Crippen molar-refractivity contribution in [2.24, 2.45) is 0 Å². The molecule has 0 unspecified atom stereocenters. The number of nitrogens with one attached hydrogen (secondary N) is 1. The molecule has 1 atom stereocenters. The number of aromatic hydroxyl groups is 1. The van der Waals surface area contributed by atoms with Crippen LogP contribution in [0.2, 0.25) is 0 Å². The van der Waals surface area contributed by atoms with Crippen LogP contribution in [0, 0.1) is 0 Å². The number of carbonyl (C=O) groups excluding carboxylic acids is 1. The summed E-state index contributed by atoms with van der Waals surface area (Å²) in [4.78, 5) is 15.8. The molecule has 246 valence electrons. The van der Waals surface area contributed by atoms with Gasteiger partial charge in [0.1, 0.15) is 29.1 Å². The van der Waals surface area contributed by atoms with E-state index in [1.165, 1.54) is 42.2 Å². The number of amides is 1. The summed E-state index contributed by atoms with van der Waals surface area (Å²) in [5.41, 5.74) is 5.22. The van der Waals surface area contributed by atoms with Crippen LogP contribution >= 0.6 is 0 Å². The number of hydrogen-bond acceptors (Lipinski definition) is 7. The molecule has 0 aromatic heterocycles. The first-order valence-corrected chi connectivity index (χ1v) is 18.6. The quantitative estimate of drug-likeness (QED) is 0.287. The van der Waals surface area contributed by atoms with Crippen LogP contribution in [0.1, 0.15) is 84.3 Å². The molecule has 2 aliphatic carbocycles. The highest BCUT2D eigenvalue weighted by Gasteiger charge is 2.40. The molecule has 1 aliphatic heterocycles. The number of aryl methyl sites for hydroxylation is 1. The van der Waals surface area contributed by atoms with E-state index < -0.39 is 15.9 Å². The molecule has 0 bridgehead atoms. The van der Waals surface area contributed by atoms with Gasteiger partial charge in [-0.1, -0.05) is 42.5 Å². The molecule has 3 aromatic carbocycles. The fourth-order valence-electron chi connectivity index (χ4n) is 7.93. The number of nitrogens with zero attached hydrogens (tertiary/aromatic N) is 1. The van der Waals surface area contributed by atoms with Crippen molar-refractivity contribution in [2.45, 2.75) is 86.2 Å². The molecule has 3 N–H and O–H groups in total. The first kappa shape index (κ1) is 32.5. The normalized spacial score (nSPS) is 21.8. The van der Waals surface area contributed by atoms with Crippen molar-refractivity contribution in [1.29, 1.82) is 0 Å². The molecule has 6 rings (SSSR count). The average Bonchev–Trinajstić information content (AvgIpc) is 3.07. The van der Waals surface area contributed by atoms with Crippen molar-refractivity contribution in [3.8, 4) is 11.5 Å². The van der Waals surface area contributed by atoms with Gasteiger partial charge in [0.2, 0.25) is 0 Å². The van der Waals surface area contributed by atoms with Gasteiger partial charge >= 0.3 is 0 Å². The summed E-state index contributed by atoms with van der Waals surface area (Å²) in [6.45, 7) is 1.95. The number of carbonyl (C=O) groups is 1. The Hall–Kier alpha value is -3.40. The number of fused-ring (bicyclic) bond motifs is 2. The molecule has 2 fully saturated rings. The fraction of sp³-hybridized carbons (Fsp3) is 0.486. The lowest BCUT2D eigenvalue weighted by Crippen LogP contribution is -2.46. The molecule has 8 nitrogen and oxygen atoms in total. The third kappa shape index (κ3) is 7.11. The summed E-state index contributed by atoms with van der Waals surface area (Å²) < 4.78 is 29.3. The summed E-state index contributed by atoms with van der Waals surface area (Å²) in [6.07, 6.45) is 9.74. The molecule has 1 amide bonds. The molecular weight excluding hydrogens is 600 g/mol. The molecule has 3 aliphatic rings. The maximum atomic E-state index is 13.9. The standard InChI is InChI=1S/C37H46N2O6S/c1-46(43,44)35-23-30(16-17-34(35)41)45-25-29(40)24-38-28-14-12-26(13-15-28)31-9-3-4-10-32(31)36(42)39-21-19-37(20-22-39)18-6-8-27-7-2-5-11-33(27)37/h2-5,7,9-11,16-17,23,26,28-29,38,40-41H,6,8,12-15,18-22,24-25H2,1H3/t26?,28?,29-/m0/s1. The number of piperidine rings is 1. The number of phenols is 1. The molecule has 1 heterocycles. The fourth-order valence-corrected chi connectivity index (χ4v) is 8.70. The first-order chi connectivity index (χ1) is 22.1. The zero-order chi connectivity index (χ0) is 32.3. The highest BCUT2D eigenvalue weighted by Crippen LogP contribution is 2.45.